The van der Waals surface area contributed by atoms with Crippen LogP contribution >= 0.6 is 0 Å². The molecule has 1 aromatic carbocycles. The average Bonchev–Trinajstić information content (AvgIpc) is 3.14. The van der Waals surface area contributed by atoms with Crippen LogP contribution in [0.2, 0.25) is 0 Å². The summed E-state index contributed by atoms with van der Waals surface area (Å²) >= 11 is 0. The number of carbonyl (C=O) groups is 1. The van der Waals surface area contributed by atoms with Crippen LogP contribution in [0.25, 0.3) is 0 Å². The van der Waals surface area contributed by atoms with Crippen LogP contribution in [-0.2, 0) is 0 Å². The summed E-state index contributed by atoms with van der Waals surface area (Å²) in [6, 6.07) is 4.22. The van der Waals surface area contributed by atoms with Crippen LogP contribution in [0.4, 0.5) is 4.39 Å². The summed E-state index contributed by atoms with van der Waals surface area (Å²) in [7, 11) is 0. The molecule has 106 valence electrons. The molecule has 0 spiro atoms. The van der Waals surface area contributed by atoms with Crippen molar-refractivity contribution in [3.63, 3.8) is 0 Å². The molecule has 2 unspecified atom stereocenters. The Morgan fingerprint density at radius 1 is 1.55 bits per heavy atom. The molecule has 1 aliphatic carbocycles. The van der Waals surface area contributed by atoms with Crippen molar-refractivity contribution in [2.45, 2.75) is 19.8 Å². The lowest BCUT2D eigenvalue weighted by molar-refractivity contribution is 0.0947. The third-order valence-electron chi connectivity index (χ3n) is 3.48. The minimum atomic E-state index is -0.543. The Bertz CT molecular complexity index is 559. The standard InChI is InChI=1S/C16H18FNO2/c1-11-8-13(11)10-18-16(20)14-9-12(4-2-3-7-19)5-6-15(14)17/h5-6,9,11,13,19H,3,7-8,10H2,1H3,(H,18,20). The molecule has 0 heterocycles. The molecule has 0 saturated heterocycles. The second-order valence-corrected chi connectivity index (χ2v) is 5.15. The summed E-state index contributed by atoms with van der Waals surface area (Å²) in [6.45, 7) is 2.72. The second kappa shape index (κ2) is 6.53. The zero-order valence-electron chi connectivity index (χ0n) is 11.4. The van der Waals surface area contributed by atoms with E-state index in [0.717, 1.165) is 6.42 Å². The molecule has 20 heavy (non-hydrogen) atoms. The van der Waals surface area contributed by atoms with E-state index >= 15 is 0 Å². The molecule has 0 bridgehead atoms. The van der Waals surface area contributed by atoms with Crippen LogP contribution in [0.5, 0.6) is 0 Å². The lowest BCUT2D eigenvalue weighted by Gasteiger charge is -2.06. The van der Waals surface area contributed by atoms with Crippen LogP contribution in [0.3, 0.4) is 0 Å². The number of amides is 1. The zero-order chi connectivity index (χ0) is 14.5. The first-order valence-electron chi connectivity index (χ1n) is 6.79. The van der Waals surface area contributed by atoms with Gasteiger partial charge < -0.3 is 10.4 Å². The first kappa shape index (κ1) is 14.5. The van der Waals surface area contributed by atoms with Gasteiger partial charge >= 0.3 is 0 Å². The van der Waals surface area contributed by atoms with Crippen LogP contribution in [0, 0.1) is 29.5 Å². The van der Waals surface area contributed by atoms with E-state index in [0.29, 0.717) is 30.4 Å². The van der Waals surface area contributed by atoms with Crippen molar-refractivity contribution >= 4 is 5.91 Å². The second-order valence-electron chi connectivity index (χ2n) is 5.15. The monoisotopic (exact) mass is 275 g/mol. The van der Waals surface area contributed by atoms with Gasteiger partial charge in [0.15, 0.2) is 0 Å². The van der Waals surface area contributed by atoms with Crippen molar-refractivity contribution in [3.05, 3.63) is 35.1 Å². The molecule has 2 rings (SSSR count). The number of aliphatic hydroxyl groups is 1. The minimum absolute atomic E-state index is 0.0128. The zero-order valence-corrected chi connectivity index (χ0v) is 11.4. The van der Waals surface area contributed by atoms with Gasteiger partial charge in [-0.1, -0.05) is 18.8 Å². The van der Waals surface area contributed by atoms with Crippen molar-refractivity contribution < 1.29 is 14.3 Å². The lowest BCUT2D eigenvalue weighted by atomic mass is 10.1. The Hall–Kier alpha value is -1.86. The van der Waals surface area contributed by atoms with Crippen LogP contribution in [0.15, 0.2) is 18.2 Å². The maximum absolute atomic E-state index is 13.7. The predicted octanol–water partition coefficient (Wildman–Crippen LogP) is 1.95. The van der Waals surface area contributed by atoms with Gasteiger partial charge in [-0.25, -0.2) is 4.39 Å². The Labute approximate surface area is 118 Å². The smallest absolute Gasteiger partial charge is 0.254 e. The van der Waals surface area contributed by atoms with E-state index in [2.05, 4.69) is 24.1 Å². The van der Waals surface area contributed by atoms with Gasteiger partial charge in [-0.15, -0.1) is 0 Å². The third kappa shape index (κ3) is 3.82. The third-order valence-corrected chi connectivity index (χ3v) is 3.48. The number of halogens is 1. The number of hydrogen-bond donors (Lipinski definition) is 2. The van der Waals surface area contributed by atoms with E-state index < -0.39 is 11.7 Å². The quantitative estimate of drug-likeness (QED) is 0.825. The Morgan fingerprint density at radius 2 is 2.30 bits per heavy atom. The van der Waals surface area contributed by atoms with Gasteiger partial charge in [0, 0.05) is 18.5 Å². The fraction of sp³-hybridized carbons (Fsp3) is 0.438. The van der Waals surface area contributed by atoms with Crippen molar-refractivity contribution in [2.75, 3.05) is 13.2 Å². The van der Waals surface area contributed by atoms with Gasteiger partial charge in [0.05, 0.1) is 12.2 Å². The fourth-order valence-electron chi connectivity index (χ4n) is 2.00. The molecule has 1 fully saturated rings. The van der Waals surface area contributed by atoms with Crippen LogP contribution in [-0.4, -0.2) is 24.2 Å². The number of benzene rings is 1. The molecule has 1 amide bonds. The highest BCUT2D eigenvalue weighted by Crippen LogP contribution is 2.36. The van der Waals surface area contributed by atoms with E-state index in [1.165, 1.54) is 18.2 Å². The molecule has 0 radical (unpaired) electrons. The molecular weight excluding hydrogens is 257 g/mol. The minimum Gasteiger partial charge on any atom is -0.395 e. The van der Waals surface area contributed by atoms with Crippen LogP contribution < -0.4 is 5.32 Å². The number of aliphatic hydroxyl groups excluding tert-OH is 1. The maximum atomic E-state index is 13.7. The predicted molar refractivity (Wildman–Crippen MR) is 74.6 cm³/mol. The molecule has 1 aliphatic rings. The Balaban J connectivity index is 2.03. The molecule has 0 aromatic heterocycles. The molecule has 1 aromatic rings. The van der Waals surface area contributed by atoms with Crippen molar-refractivity contribution in [3.8, 4) is 11.8 Å². The van der Waals surface area contributed by atoms with E-state index in [4.69, 9.17) is 5.11 Å². The summed E-state index contributed by atoms with van der Waals surface area (Å²) in [4.78, 5) is 11.9. The lowest BCUT2D eigenvalue weighted by Crippen LogP contribution is -2.26. The molecule has 2 atom stereocenters. The molecule has 2 N–H and O–H groups in total. The van der Waals surface area contributed by atoms with Crippen molar-refractivity contribution in [2.24, 2.45) is 11.8 Å². The van der Waals surface area contributed by atoms with Gasteiger partial charge in [-0.2, -0.15) is 0 Å². The fourth-order valence-corrected chi connectivity index (χ4v) is 2.00. The SMILES string of the molecule is CC1CC1CNC(=O)c1cc(C#CCCO)ccc1F. The molecule has 0 aliphatic heterocycles. The van der Waals surface area contributed by atoms with Crippen molar-refractivity contribution in [1.29, 1.82) is 0 Å². The normalized spacial score (nSPS) is 19.9. The summed E-state index contributed by atoms with van der Waals surface area (Å²) < 4.78 is 13.7. The maximum Gasteiger partial charge on any atom is 0.254 e. The molecule has 1 saturated carbocycles. The molecule has 3 nitrogen and oxygen atoms in total. The van der Waals surface area contributed by atoms with E-state index in [1.54, 1.807) is 0 Å². The average molecular weight is 275 g/mol. The highest BCUT2D eigenvalue weighted by atomic mass is 19.1. The summed E-state index contributed by atoms with van der Waals surface area (Å²) in [6.07, 6.45) is 1.48. The van der Waals surface area contributed by atoms with E-state index in [1.807, 2.05) is 0 Å². The van der Waals surface area contributed by atoms with Gasteiger partial charge in [0.2, 0.25) is 0 Å². The number of rotatable bonds is 4. The van der Waals surface area contributed by atoms with Gasteiger partial charge in [0.1, 0.15) is 5.82 Å². The highest BCUT2D eigenvalue weighted by Gasteiger charge is 2.32. The summed E-state index contributed by atoms with van der Waals surface area (Å²) in [5.41, 5.74) is 0.596. The van der Waals surface area contributed by atoms with E-state index in [-0.39, 0.29) is 12.2 Å². The topological polar surface area (TPSA) is 49.3 Å². The van der Waals surface area contributed by atoms with Crippen molar-refractivity contribution in [1.82, 2.24) is 5.32 Å². The first-order chi connectivity index (χ1) is 9.61. The largest absolute Gasteiger partial charge is 0.395 e. The summed E-state index contributed by atoms with van der Waals surface area (Å²) in [5, 5.41) is 11.4. The first-order valence-corrected chi connectivity index (χ1v) is 6.79. The van der Waals surface area contributed by atoms with Crippen LogP contribution in [0.1, 0.15) is 35.7 Å². The molecule has 4 heteroatoms. The number of nitrogens with one attached hydrogen (secondary N) is 1. The highest BCUT2D eigenvalue weighted by molar-refractivity contribution is 5.94. The Morgan fingerprint density at radius 3 is 2.95 bits per heavy atom. The number of hydrogen-bond acceptors (Lipinski definition) is 2. The van der Waals surface area contributed by atoms with E-state index in [9.17, 15) is 9.18 Å². The molecular formula is C16H18FNO2. The number of carbonyl (C=O) groups excluding carboxylic acids is 1. The summed E-state index contributed by atoms with van der Waals surface area (Å²) in [5.74, 6) is 5.78. The Kier molecular flexibility index (Phi) is 4.75. The van der Waals surface area contributed by atoms with Gasteiger partial charge in [0.25, 0.3) is 5.91 Å². The van der Waals surface area contributed by atoms with Gasteiger partial charge in [-0.05, 0) is 36.5 Å². The van der Waals surface area contributed by atoms with Gasteiger partial charge in [-0.3, -0.25) is 4.79 Å².